The van der Waals surface area contributed by atoms with Crippen molar-refractivity contribution in [2.24, 2.45) is 5.92 Å². The zero-order valence-corrected chi connectivity index (χ0v) is 14.6. The Hall–Kier alpha value is 0.140. The largest absolute Gasteiger partial charge is 0.310 e. The van der Waals surface area contributed by atoms with E-state index in [0.717, 1.165) is 12.5 Å². The van der Waals surface area contributed by atoms with Crippen LogP contribution in [0.1, 0.15) is 68.4 Å². The maximum absolute atomic E-state index is 3.82. The first-order valence-corrected chi connectivity index (χ1v) is 9.32. The second-order valence-corrected chi connectivity index (χ2v) is 8.38. The summed E-state index contributed by atoms with van der Waals surface area (Å²) in [7, 11) is 0. The molecule has 1 aromatic rings. The molecule has 0 radical (unpaired) electrons. The molecule has 1 unspecified atom stereocenters. The van der Waals surface area contributed by atoms with Crippen molar-refractivity contribution >= 4 is 27.3 Å². The summed E-state index contributed by atoms with van der Waals surface area (Å²) < 4.78 is 1.27. The van der Waals surface area contributed by atoms with E-state index in [4.69, 9.17) is 0 Å². The highest BCUT2D eigenvalue weighted by molar-refractivity contribution is 9.11. The van der Waals surface area contributed by atoms with E-state index in [0.29, 0.717) is 6.04 Å². The number of rotatable bonds is 5. The molecule has 3 heteroatoms. The topological polar surface area (TPSA) is 12.0 Å². The van der Waals surface area contributed by atoms with Crippen LogP contribution in [0.25, 0.3) is 0 Å². The molecule has 1 N–H and O–H groups in total. The molecule has 0 saturated heterocycles. The van der Waals surface area contributed by atoms with Crippen LogP contribution in [0.5, 0.6) is 0 Å². The summed E-state index contributed by atoms with van der Waals surface area (Å²) in [6.07, 6.45) is 9.71. The predicted molar refractivity (Wildman–Crippen MR) is 89.0 cm³/mol. The van der Waals surface area contributed by atoms with E-state index in [-0.39, 0.29) is 0 Å². The zero-order valence-electron chi connectivity index (χ0n) is 12.2. The summed E-state index contributed by atoms with van der Waals surface area (Å²) in [4.78, 5) is 1.48. The molecular weight excluding hydrogens is 318 g/mol. The Morgan fingerprint density at radius 1 is 1.32 bits per heavy atom. The molecular formula is C16H26BrNS. The van der Waals surface area contributed by atoms with Gasteiger partial charge >= 0.3 is 0 Å². The average molecular weight is 344 g/mol. The normalized spacial score (nSPS) is 19.3. The van der Waals surface area contributed by atoms with Gasteiger partial charge in [0, 0.05) is 10.9 Å². The molecule has 108 valence electrons. The van der Waals surface area contributed by atoms with Crippen molar-refractivity contribution in [2.45, 2.75) is 64.8 Å². The van der Waals surface area contributed by atoms with Gasteiger partial charge in [0.25, 0.3) is 0 Å². The van der Waals surface area contributed by atoms with Crippen molar-refractivity contribution in [3.05, 3.63) is 20.3 Å². The highest BCUT2D eigenvalue weighted by atomic mass is 79.9. The fourth-order valence-electron chi connectivity index (χ4n) is 3.24. The first-order chi connectivity index (χ1) is 9.22. The highest BCUT2D eigenvalue weighted by Gasteiger charge is 2.25. The van der Waals surface area contributed by atoms with Crippen molar-refractivity contribution in [3.8, 4) is 0 Å². The molecule has 0 spiro atoms. The van der Waals surface area contributed by atoms with E-state index in [9.17, 15) is 0 Å². The number of halogens is 1. The Labute approximate surface area is 130 Å². The first kappa shape index (κ1) is 15.5. The van der Waals surface area contributed by atoms with Gasteiger partial charge in [0.1, 0.15) is 0 Å². The van der Waals surface area contributed by atoms with Gasteiger partial charge in [-0.05, 0) is 66.2 Å². The lowest BCUT2D eigenvalue weighted by atomic mass is 9.87. The van der Waals surface area contributed by atoms with E-state index >= 15 is 0 Å². The molecule has 1 fully saturated rings. The molecule has 1 nitrogen and oxygen atoms in total. The van der Waals surface area contributed by atoms with Gasteiger partial charge in [-0.3, -0.25) is 0 Å². The Balaban J connectivity index is 2.16. The van der Waals surface area contributed by atoms with Gasteiger partial charge in [-0.2, -0.15) is 0 Å². The molecule has 0 amide bonds. The molecule has 1 aromatic heterocycles. The number of nitrogens with one attached hydrogen (secondary N) is 1. The minimum Gasteiger partial charge on any atom is -0.310 e. The maximum atomic E-state index is 3.82. The van der Waals surface area contributed by atoms with Crippen molar-refractivity contribution < 1.29 is 0 Å². The Morgan fingerprint density at radius 3 is 2.53 bits per heavy atom. The third-order valence-corrected chi connectivity index (χ3v) is 5.82. The second kappa shape index (κ2) is 7.80. The van der Waals surface area contributed by atoms with Crippen LogP contribution in [0.15, 0.2) is 9.85 Å². The molecule has 0 aromatic carbocycles. The van der Waals surface area contributed by atoms with Crippen LogP contribution in [0, 0.1) is 12.8 Å². The lowest BCUT2D eigenvalue weighted by Gasteiger charge is -2.27. The third kappa shape index (κ3) is 4.30. The standard InChI is InChI=1S/C16H26BrNS/c1-3-10-18-16(13-8-6-4-5-7-9-13)14-11-15(17)19-12(14)2/h11,13,16,18H,3-10H2,1-2H3. The summed E-state index contributed by atoms with van der Waals surface area (Å²) in [5.74, 6) is 0.828. The Kier molecular flexibility index (Phi) is 6.37. The van der Waals surface area contributed by atoms with Crippen molar-refractivity contribution in [1.82, 2.24) is 5.32 Å². The van der Waals surface area contributed by atoms with Crippen molar-refractivity contribution in [2.75, 3.05) is 6.54 Å². The Bertz CT molecular complexity index is 380. The summed E-state index contributed by atoms with van der Waals surface area (Å²) >= 11 is 5.53. The number of hydrogen-bond donors (Lipinski definition) is 1. The summed E-state index contributed by atoms with van der Waals surface area (Å²) in [6.45, 7) is 5.66. The number of aryl methyl sites for hydroxylation is 1. The minimum absolute atomic E-state index is 0.570. The van der Waals surface area contributed by atoms with E-state index in [2.05, 4.69) is 41.2 Å². The lowest BCUT2D eigenvalue weighted by Crippen LogP contribution is -2.29. The van der Waals surface area contributed by atoms with Crippen LogP contribution in [-0.2, 0) is 0 Å². The van der Waals surface area contributed by atoms with E-state index in [1.54, 1.807) is 0 Å². The Morgan fingerprint density at radius 2 is 2.00 bits per heavy atom. The molecule has 0 aliphatic heterocycles. The minimum atomic E-state index is 0.570. The molecule has 1 saturated carbocycles. The quantitative estimate of drug-likeness (QED) is 0.663. The van der Waals surface area contributed by atoms with Gasteiger partial charge in [0.15, 0.2) is 0 Å². The van der Waals surface area contributed by atoms with Crippen molar-refractivity contribution in [1.29, 1.82) is 0 Å². The molecule has 1 aliphatic rings. The molecule has 1 heterocycles. The van der Waals surface area contributed by atoms with Crippen LogP contribution >= 0.6 is 27.3 Å². The summed E-state index contributed by atoms with van der Waals surface area (Å²) in [5.41, 5.74) is 1.54. The van der Waals surface area contributed by atoms with Crippen LogP contribution in [-0.4, -0.2) is 6.54 Å². The molecule has 2 rings (SSSR count). The van der Waals surface area contributed by atoms with Crippen LogP contribution in [0.3, 0.4) is 0 Å². The van der Waals surface area contributed by atoms with E-state index < -0.39 is 0 Å². The van der Waals surface area contributed by atoms with Gasteiger partial charge in [0.05, 0.1) is 3.79 Å². The van der Waals surface area contributed by atoms with Gasteiger partial charge < -0.3 is 5.32 Å². The smallest absolute Gasteiger partial charge is 0.0704 e. The molecule has 1 atom stereocenters. The maximum Gasteiger partial charge on any atom is 0.0704 e. The molecule has 1 aliphatic carbocycles. The monoisotopic (exact) mass is 343 g/mol. The van der Waals surface area contributed by atoms with Crippen LogP contribution < -0.4 is 5.32 Å². The predicted octanol–water partition coefficient (Wildman–Crippen LogP) is 5.83. The second-order valence-electron chi connectivity index (χ2n) is 5.75. The third-order valence-electron chi connectivity index (χ3n) is 4.25. The fourth-order valence-corrected chi connectivity index (χ4v) is 5.00. The highest BCUT2D eigenvalue weighted by Crippen LogP contribution is 2.38. The van der Waals surface area contributed by atoms with Crippen LogP contribution in [0.4, 0.5) is 0 Å². The van der Waals surface area contributed by atoms with Crippen molar-refractivity contribution in [3.63, 3.8) is 0 Å². The van der Waals surface area contributed by atoms with Gasteiger partial charge in [-0.1, -0.05) is 32.6 Å². The van der Waals surface area contributed by atoms with E-state index in [1.165, 1.54) is 59.2 Å². The molecule has 0 bridgehead atoms. The fraction of sp³-hybridized carbons (Fsp3) is 0.750. The van der Waals surface area contributed by atoms with Crippen LogP contribution in [0.2, 0.25) is 0 Å². The summed E-state index contributed by atoms with van der Waals surface area (Å²) in [5, 5.41) is 3.82. The van der Waals surface area contributed by atoms with Gasteiger partial charge in [0.2, 0.25) is 0 Å². The SMILES string of the molecule is CCCNC(c1cc(Br)sc1C)C1CCCCCC1. The zero-order chi connectivity index (χ0) is 13.7. The summed E-state index contributed by atoms with van der Waals surface area (Å²) in [6, 6.07) is 2.92. The number of hydrogen-bond acceptors (Lipinski definition) is 2. The van der Waals surface area contributed by atoms with E-state index in [1.807, 2.05) is 11.3 Å². The lowest BCUT2D eigenvalue weighted by molar-refractivity contribution is 0.325. The average Bonchev–Trinajstić information content (AvgIpc) is 2.60. The first-order valence-electron chi connectivity index (χ1n) is 7.71. The van der Waals surface area contributed by atoms with Gasteiger partial charge in [-0.25, -0.2) is 0 Å². The molecule has 19 heavy (non-hydrogen) atoms. The van der Waals surface area contributed by atoms with Gasteiger partial charge in [-0.15, -0.1) is 11.3 Å². The number of thiophene rings is 1.